The summed E-state index contributed by atoms with van der Waals surface area (Å²) in [6.45, 7) is 2.14. The molecule has 1 aromatic rings. The Labute approximate surface area is 93.9 Å². The molecule has 1 atom stereocenters. The number of aliphatic hydroxyl groups excluding tert-OH is 1. The Kier molecular flexibility index (Phi) is 2.84. The lowest BCUT2D eigenvalue weighted by Gasteiger charge is -2.24. The van der Waals surface area contributed by atoms with Crippen LogP contribution in [0.3, 0.4) is 0 Å². The summed E-state index contributed by atoms with van der Waals surface area (Å²) in [5.41, 5.74) is 7.07. The molecular formula is C10H17N3OS. The Morgan fingerprint density at radius 3 is 2.87 bits per heavy atom. The summed E-state index contributed by atoms with van der Waals surface area (Å²) in [5, 5.41) is 10.3. The molecule has 1 aliphatic carbocycles. The van der Waals surface area contributed by atoms with Gasteiger partial charge in [0.1, 0.15) is 10.8 Å². The normalized spacial score (nSPS) is 17.8. The van der Waals surface area contributed by atoms with E-state index in [1.165, 1.54) is 29.9 Å². The number of nitrogen functional groups attached to an aromatic ring is 1. The van der Waals surface area contributed by atoms with Crippen LogP contribution in [0.4, 0.5) is 10.8 Å². The molecule has 0 radical (unpaired) electrons. The zero-order valence-corrected chi connectivity index (χ0v) is 9.92. The maximum absolute atomic E-state index is 9.13. The first kappa shape index (κ1) is 10.7. The van der Waals surface area contributed by atoms with Gasteiger partial charge in [0.25, 0.3) is 0 Å². The third kappa shape index (κ3) is 1.94. The van der Waals surface area contributed by atoms with Crippen LogP contribution in [-0.2, 0) is 0 Å². The fraction of sp³-hybridized carbons (Fsp3) is 0.700. The van der Waals surface area contributed by atoms with Crippen molar-refractivity contribution in [2.45, 2.75) is 31.7 Å². The maximum Gasteiger partial charge on any atom is 0.142 e. The van der Waals surface area contributed by atoms with E-state index in [9.17, 15) is 0 Å². The average Bonchev–Trinajstić information content (AvgIpc) is 3.00. The van der Waals surface area contributed by atoms with Crippen LogP contribution in [0, 0.1) is 0 Å². The summed E-state index contributed by atoms with van der Waals surface area (Å²) >= 11 is 1.44. The van der Waals surface area contributed by atoms with Crippen LogP contribution in [0.5, 0.6) is 0 Å². The molecule has 4 nitrogen and oxygen atoms in total. The first-order valence-electron chi connectivity index (χ1n) is 5.23. The summed E-state index contributed by atoms with van der Waals surface area (Å²) in [4.78, 5) is 2.07. The second kappa shape index (κ2) is 3.98. The van der Waals surface area contributed by atoms with E-state index in [0.29, 0.717) is 11.7 Å². The van der Waals surface area contributed by atoms with Gasteiger partial charge in [-0.25, -0.2) is 0 Å². The third-order valence-corrected chi connectivity index (χ3v) is 3.94. The Morgan fingerprint density at radius 1 is 1.67 bits per heavy atom. The summed E-state index contributed by atoms with van der Waals surface area (Å²) in [5.74, 6) is 1.28. The molecule has 1 saturated carbocycles. The molecule has 84 valence electrons. The highest BCUT2D eigenvalue weighted by molar-refractivity contribution is 7.10. The van der Waals surface area contributed by atoms with Gasteiger partial charge in [-0.2, -0.15) is 4.37 Å². The van der Waals surface area contributed by atoms with Gasteiger partial charge in [-0.05, 0) is 37.2 Å². The summed E-state index contributed by atoms with van der Waals surface area (Å²) in [6.07, 6.45) is 2.44. The molecule has 0 spiro atoms. The van der Waals surface area contributed by atoms with Gasteiger partial charge in [-0.15, -0.1) is 0 Å². The van der Waals surface area contributed by atoms with E-state index in [0.717, 1.165) is 5.00 Å². The van der Waals surface area contributed by atoms with Crippen LogP contribution in [0.25, 0.3) is 0 Å². The molecule has 0 bridgehead atoms. The molecule has 0 amide bonds. The minimum atomic E-state index is 0.113. The van der Waals surface area contributed by atoms with Crippen molar-refractivity contribution in [3.63, 3.8) is 0 Å². The summed E-state index contributed by atoms with van der Waals surface area (Å²) in [7, 11) is 1.99. The van der Waals surface area contributed by atoms with Crippen LogP contribution in [0.15, 0.2) is 0 Å². The van der Waals surface area contributed by atoms with Gasteiger partial charge in [0, 0.05) is 18.7 Å². The van der Waals surface area contributed by atoms with E-state index in [4.69, 9.17) is 10.8 Å². The summed E-state index contributed by atoms with van der Waals surface area (Å²) in [6, 6.07) is 0.113. The fourth-order valence-corrected chi connectivity index (χ4v) is 2.59. The van der Waals surface area contributed by atoms with Crippen LogP contribution in [0.1, 0.15) is 31.2 Å². The number of nitrogens with zero attached hydrogens (tertiary/aromatic N) is 2. The lowest BCUT2D eigenvalue weighted by Crippen LogP contribution is -2.31. The molecule has 1 heterocycles. The van der Waals surface area contributed by atoms with Crippen LogP contribution in [-0.4, -0.2) is 29.2 Å². The van der Waals surface area contributed by atoms with E-state index in [1.807, 2.05) is 14.0 Å². The monoisotopic (exact) mass is 227 g/mol. The topological polar surface area (TPSA) is 62.4 Å². The second-order valence-electron chi connectivity index (χ2n) is 4.20. The minimum absolute atomic E-state index is 0.113. The molecule has 1 aliphatic rings. The number of aromatic nitrogens is 1. The van der Waals surface area contributed by atoms with E-state index >= 15 is 0 Å². The molecule has 1 fully saturated rings. The van der Waals surface area contributed by atoms with Crippen molar-refractivity contribution < 1.29 is 5.11 Å². The Morgan fingerprint density at radius 2 is 2.33 bits per heavy atom. The zero-order chi connectivity index (χ0) is 11.0. The number of hydrogen-bond acceptors (Lipinski definition) is 5. The largest absolute Gasteiger partial charge is 0.394 e. The number of rotatable bonds is 4. The van der Waals surface area contributed by atoms with Crippen molar-refractivity contribution in [1.82, 2.24) is 4.37 Å². The molecule has 5 heteroatoms. The lowest BCUT2D eigenvalue weighted by atomic mass is 10.2. The van der Waals surface area contributed by atoms with Crippen molar-refractivity contribution in [3.05, 3.63) is 5.56 Å². The lowest BCUT2D eigenvalue weighted by molar-refractivity contribution is 0.270. The predicted octanol–water partition coefficient (Wildman–Crippen LogP) is 1.42. The van der Waals surface area contributed by atoms with Gasteiger partial charge in [-0.3, -0.25) is 0 Å². The van der Waals surface area contributed by atoms with Gasteiger partial charge in [0.2, 0.25) is 0 Å². The SMILES string of the molecule is CC(CO)N(C)c1snc(N)c1C1CC1. The Hall–Kier alpha value is -0.810. The Bertz CT molecular complexity index is 348. The molecule has 2 rings (SSSR count). The van der Waals surface area contributed by atoms with Gasteiger partial charge < -0.3 is 15.7 Å². The average molecular weight is 227 g/mol. The van der Waals surface area contributed by atoms with E-state index in [-0.39, 0.29) is 12.6 Å². The number of hydrogen-bond donors (Lipinski definition) is 2. The number of likely N-dealkylation sites (N-methyl/N-ethyl adjacent to an activating group) is 1. The van der Waals surface area contributed by atoms with Crippen molar-refractivity contribution in [3.8, 4) is 0 Å². The van der Waals surface area contributed by atoms with E-state index in [2.05, 4.69) is 9.27 Å². The number of anilines is 2. The predicted molar refractivity (Wildman–Crippen MR) is 63.5 cm³/mol. The highest BCUT2D eigenvalue weighted by Crippen LogP contribution is 2.48. The first-order valence-corrected chi connectivity index (χ1v) is 6.01. The molecule has 0 saturated heterocycles. The molecule has 15 heavy (non-hydrogen) atoms. The van der Waals surface area contributed by atoms with Gasteiger partial charge in [0.05, 0.1) is 6.61 Å². The van der Waals surface area contributed by atoms with Crippen LogP contribution in [0.2, 0.25) is 0 Å². The number of nitrogens with two attached hydrogens (primary N) is 1. The Balaban J connectivity index is 2.26. The standard InChI is InChI=1S/C10H17N3OS/c1-6(5-14)13(2)10-8(7-3-4-7)9(11)12-15-10/h6-7,14H,3-5H2,1-2H3,(H2,11,12). The van der Waals surface area contributed by atoms with Crippen molar-refractivity contribution in [1.29, 1.82) is 0 Å². The molecule has 1 unspecified atom stereocenters. The molecule has 0 aromatic carbocycles. The van der Waals surface area contributed by atoms with Crippen molar-refractivity contribution in [2.75, 3.05) is 24.3 Å². The van der Waals surface area contributed by atoms with Crippen molar-refractivity contribution in [2.24, 2.45) is 0 Å². The highest BCUT2D eigenvalue weighted by Gasteiger charge is 2.32. The van der Waals surface area contributed by atoms with Gasteiger partial charge in [-0.1, -0.05) is 0 Å². The third-order valence-electron chi connectivity index (χ3n) is 2.97. The highest BCUT2D eigenvalue weighted by atomic mass is 32.1. The molecular weight excluding hydrogens is 210 g/mol. The quantitative estimate of drug-likeness (QED) is 0.816. The minimum Gasteiger partial charge on any atom is -0.394 e. The molecule has 3 N–H and O–H groups in total. The number of aliphatic hydroxyl groups is 1. The van der Waals surface area contributed by atoms with Crippen LogP contribution >= 0.6 is 11.5 Å². The fourth-order valence-electron chi connectivity index (χ4n) is 1.63. The smallest absolute Gasteiger partial charge is 0.142 e. The van der Waals surface area contributed by atoms with Gasteiger partial charge in [0.15, 0.2) is 0 Å². The second-order valence-corrected chi connectivity index (χ2v) is 4.96. The maximum atomic E-state index is 9.13. The summed E-state index contributed by atoms with van der Waals surface area (Å²) < 4.78 is 4.21. The molecule has 1 aromatic heterocycles. The van der Waals surface area contributed by atoms with Crippen LogP contribution < -0.4 is 10.6 Å². The van der Waals surface area contributed by atoms with Crippen molar-refractivity contribution >= 4 is 22.4 Å². The first-order chi connectivity index (χ1) is 7.15. The van der Waals surface area contributed by atoms with Gasteiger partial charge >= 0.3 is 0 Å². The van der Waals surface area contributed by atoms with E-state index in [1.54, 1.807) is 0 Å². The van der Waals surface area contributed by atoms with E-state index < -0.39 is 0 Å². The molecule has 0 aliphatic heterocycles. The zero-order valence-electron chi connectivity index (χ0n) is 9.10.